The van der Waals surface area contributed by atoms with Gasteiger partial charge in [0.1, 0.15) is 5.82 Å². The van der Waals surface area contributed by atoms with Crippen LogP contribution in [0.3, 0.4) is 0 Å². The predicted octanol–water partition coefficient (Wildman–Crippen LogP) is 0.126. The van der Waals surface area contributed by atoms with Crippen LogP contribution in [0.15, 0.2) is 12.4 Å². The first-order chi connectivity index (χ1) is 8.08. The van der Waals surface area contributed by atoms with Crippen LogP contribution in [0.4, 0.5) is 5.13 Å². The lowest BCUT2D eigenvalue weighted by molar-refractivity contribution is 0.0779. The zero-order valence-corrected chi connectivity index (χ0v) is 10.3. The lowest BCUT2D eigenvalue weighted by Crippen LogP contribution is -2.27. The normalized spacial score (nSPS) is 10.5. The number of amides is 1. The summed E-state index contributed by atoms with van der Waals surface area (Å²) < 4.78 is 1.86. The van der Waals surface area contributed by atoms with E-state index in [1.54, 1.807) is 13.2 Å². The summed E-state index contributed by atoms with van der Waals surface area (Å²) >= 11 is 1.08. The van der Waals surface area contributed by atoms with Gasteiger partial charge in [-0.05, 0) is 0 Å². The first kappa shape index (κ1) is 11.5. The molecular formula is C9H12N6OS. The summed E-state index contributed by atoms with van der Waals surface area (Å²) in [5, 5.41) is 7.91. The van der Waals surface area contributed by atoms with Gasteiger partial charge in [0.2, 0.25) is 10.1 Å². The number of carbonyl (C=O) groups excluding carboxylic acids is 1. The number of nitrogens with zero attached hydrogens (tertiary/aromatic N) is 5. The fraction of sp³-hybridized carbons (Fsp3) is 0.333. The van der Waals surface area contributed by atoms with Crippen molar-refractivity contribution in [2.75, 3.05) is 12.8 Å². The number of carbonyl (C=O) groups is 1. The Kier molecular flexibility index (Phi) is 3.05. The molecule has 0 bridgehead atoms. The second-order valence-electron chi connectivity index (χ2n) is 3.56. The Bertz CT molecular complexity index is 533. The fourth-order valence-electron chi connectivity index (χ4n) is 1.32. The van der Waals surface area contributed by atoms with Crippen molar-refractivity contribution in [2.24, 2.45) is 7.05 Å². The largest absolute Gasteiger partial charge is 0.374 e. The Balaban J connectivity index is 2.08. The summed E-state index contributed by atoms with van der Waals surface area (Å²) in [4.78, 5) is 17.6. The van der Waals surface area contributed by atoms with Gasteiger partial charge in [-0.2, -0.15) is 0 Å². The first-order valence-corrected chi connectivity index (χ1v) is 5.70. The van der Waals surface area contributed by atoms with Crippen LogP contribution in [-0.4, -0.2) is 37.6 Å². The highest BCUT2D eigenvalue weighted by Gasteiger charge is 2.17. The summed E-state index contributed by atoms with van der Waals surface area (Å²) in [6.07, 6.45) is 3.52. The van der Waals surface area contributed by atoms with E-state index < -0.39 is 0 Å². The molecule has 0 aromatic carbocycles. The molecule has 0 saturated heterocycles. The molecule has 17 heavy (non-hydrogen) atoms. The third-order valence-electron chi connectivity index (χ3n) is 2.27. The zero-order chi connectivity index (χ0) is 12.4. The van der Waals surface area contributed by atoms with Crippen molar-refractivity contribution >= 4 is 22.4 Å². The van der Waals surface area contributed by atoms with E-state index >= 15 is 0 Å². The molecule has 2 aromatic rings. The van der Waals surface area contributed by atoms with Gasteiger partial charge in [0, 0.05) is 26.5 Å². The van der Waals surface area contributed by atoms with E-state index in [0.29, 0.717) is 16.7 Å². The van der Waals surface area contributed by atoms with Gasteiger partial charge in [-0.25, -0.2) is 4.98 Å². The van der Waals surface area contributed by atoms with Gasteiger partial charge in [0.25, 0.3) is 5.91 Å². The number of hydrogen-bond acceptors (Lipinski definition) is 6. The van der Waals surface area contributed by atoms with Gasteiger partial charge in [0.05, 0.1) is 6.54 Å². The fourth-order valence-corrected chi connectivity index (χ4v) is 1.92. The summed E-state index contributed by atoms with van der Waals surface area (Å²) in [5.41, 5.74) is 5.43. The van der Waals surface area contributed by atoms with Gasteiger partial charge in [0.15, 0.2) is 0 Å². The summed E-state index contributed by atoms with van der Waals surface area (Å²) in [6.45, 7) is 0.418. The molecule has 0 spiro atoms. The average molecular weight is 252 g/mol. The summed E-state index contributed by atoms with van der Waals surface area (Å²) in [5.74, 6) is 0.598. The minimum atomic E-state index is -0.206. The number of hydrogen-bond donors (Lipinski definition) is 1. The molecule has 2 N–H and O–H groups in total. The van der Waals surface area contributed by atoms with Crippen molar-refractivity contribution in [3.63, 3.8) is 0 Å². The number of aryl methyl sites for hydroxylation is 1. The van der Waals surface area contributed by atoms with Crippen LogP contribution >= 0.6 is 11.3 Å². The predicted molar refractivity (Wildman–Crippen MR) is 63.3 cm³/mol. The number of imidazole rings is 1. The smallest absolute Gasteiger partial charge is 0.285 e. The Hall–Kier alpha value is -1.96. The highest BCUT2D eigenvalue weighted by atomic mass is 32.1. The molecule has 0 aliphatic heterocycles. The van der Waals surface area contributed by atoms with E-state index in [4.69, 9.17) is 5.73 Å². The van der Waals surface area contributed by atoms with Crippen molar-refractivity contribution in [1.82, 2.24) is 24.6 Å². The molecule has 0 fully saturated rings. The van der Waals surface area contributed by atoms with E-state index in [0.717, 1.165) is 17.2 Å². The third kappa shape index (κ3) is 2.41. The second-order valence-corrected chi connectivity index (χ2v) is 4.57. The van der Waals surface area contributed by atoms with E-state index in [-0.39, 0.29) is 5.91 Å². The molecule has 0 aliphatic rings. The molecule has 2 rings (SSSR count). The maximum atomic E-state index is 11.9. The third-order valence-corrected chi connectivity index (χ3v) is 3.01. The first-order valence-electron chi connectivity index (χ1n) is 4.88. The molecule has 90 valence electrons. The molecule has 0 aliphatic carbocycles. The van der Waals surface area contributed by atoms with Gasteiger partial charge in [-0.3, -0.25) is 4.79 Å². The van der Waals surface area contributed by atoms with Crippen molar-refractivity contribution in [3.05, 3.63) is 23.2 Å². The van der Waals surface area contributed by atoms with E-state index in [2.05, 4.69) is 15.2 Å². The molecule has 0 saturated carbocycles. The molecule has 0 atom stereocenters. The minimum Gasteiger partial charge on any atom is -0.374 e. The van der Waals surface area contributed by atoms with Crippen molar-refractivity contribution < 1.29 is 4.79 Å². The molecular weight excluding hydrogens is 240 g/mol. The molecule has 8 heteroatoms. The summed E-state index contributed by atoms with van der Waals surface area (Å²) in [7, 11) is 3.57. The van der Waals surface area contributed by atoms with E-state index in [1.165, 1.54) is 4.90 Å². The highest BCUT2D eigenvalue weighted by Crippen LogP contribution is 2.13. The summed E-state index contributed by atoms with van der Waals surface area (Å²) in [6, 6.07) is 0. The van der Waals surface area contributed by atoms with Gasteiger partial charge in [-0.15, -0.1) is 10.2 Å². The molecule has 7 nitrogen and oxygen atoms in total. The maximum Gasteiger partial charge on any atom is 0.285 e. The van der Waals surface area contributed by atoms with Gasteiger partial charge < -0.3 is 15.2 Å². The minimum absolute atomic E-state index is 0.206. The lowest BCUT2D eigenvalue weighted by atomic mass is 10.5. The number of rotatable bonds is 3. The number of nitrogen functional groups attached to an aromatic ring is 1. The van der Waals surface area contributed by atoms with E-state index in [9.17, 15) is 4.79 Å². The second kappa shape index (κ2) is 4.50. The number of nitrogens with two attached hydrogens (primary N) is 1. The molecule has 1 amide bonds. The van der Waals surface area contributed by atoms with Crippen LogP contribution in [0.2, 0.25) is 0 Å². The van der Waals surface area contributed by atoms with Crippen molar-refractivity contribution in [3.8, 4) is 0 Å². The Morgan fingerprint density at radius 1 is 1.59 bits per heavy atom. The van der Waals surface area contributed by atoms with Crippen molar-refractivity contribution in [1.29, 1.82) is 0 Å². The van der Waals surface area contributed by atoms with Crippen LogP contribution in [0.5, 0.6) is 0 Å². The number of aromatic nitrogens is 4. The topological polar surface area (TPSA) is 89.9 Å². The number of anilines is 1. The Morgan fingerprint density at radius 3 is 2.88 bits per heavy atom. The van der Waals surface area contributed by atoms with Crippen LogP contribution in [-0.2, 0) is 13.6 Å². The van der Waals surface area contributed by atoms with Crippen LogP contribution in [0.1, 0.15) is 15.6 Å². The highest BCUT2D eigenvalue weighted by molar-refractivity contribution is 7.16. The van der Waals surface area contributed by atoms with E-state index in [1.807, 2.05) is 17.8 Å². The van der Waals surface area contributed by atoms with Crippen LogP contribution in [0.25, 0.3) is 0 Å². The van der Waals surface area contributed by atoms with Crippen LogP contribution in [0, 0.1) is 0 Å². The average Bonchev–Trinajstić information content (AvgIpc) is 2.88. The molecule has 2 heterocycles. The SMILES string of the molecule is CN(Cc1nccn1C)C(=O)c1nnc(N)s1. The Labute approximate surface area is 102 Å². The molecule has 2 aromatic heterocycles. The monoisotopic (exact) mass is 252 g/mol. The van der Waals surface area contributed by atoms with Gasteiger partial charge in [-0.1, -0.05) is 11.3 Å². The maximum absolute atomic E-state index is 11.9. The van der Waals surface area contributed by atoms with Gasteiger partial charge >= 0.3 is 0 Å². The lowest BCUT2D eigenvalue weighted by Gasteiger charge is -2.14. The van der Waals surface area contributed by atoms with Crippen LogP contribution < -0.4 is 5.73 Å². The zero-order valence-electron chi connectivity index (χ0n) is 9.49. The standard InChI is InChI=1S/C9H12N6OS/c1-14-4-3-11-6(14)5-15(2)8(16)7-12-13-9(10)17-7/h3-4H,5H2,1-2H3,(H2,10,13). The Morgan fingerprint density at radius 2 is 2.35 bits per heavy atom. The molecule has 0 unspecified atom stereocenters. The quantitative estimate of drug-likeness (QED) is 0.838. The molecule has 0 radical (unpaired) electrons. The van der Waals surface area contributed by atoms with Crippen molar-refractivity contribution in [2.45, 2.75) is 6.54 Å².